The molecule has 1 aromatic rings. The van der Waals surface area contributed by atoms with Gasteiger partial charge in [-0.1, -0.05) is 6.07 Å². The molecule has 1 saturated heterocycles. The van der Waals surface area contributed by atoms with Crippen molar-refractivity contribution in [1.29, 1.82) is 0 Å². The maximum atomic E-state index is 13.7. The molecule has 2 fully saturated rings. The van der Waals surface area contributed by atoms with Gasteiger partial charge in [0.05, 0.1) is 12.6 Å². The van der Waals surface area contributed by atoms with Crippen LogP contribution in [0.2, 0.25) is 0 Å². The van der Waals surface area contributed by atoms with Crippen LogP contribution in [0.1, 0.15) is 24.8 Å². The van der Waals surface area contributed by atoms with Crippen molar-refractivity contribution in [3.05, 3.63) is 29.6 Å². The van der Waals surface area contributed by atoms with Gasteiger partial charge in [0.25, 0.3) is 0 Å². The molecule has 1 atom stereocenters. The van der Waals surface area contributed by atoms with E-state index in [1.54, 1.807) is 0 Å². The highest BCUT2D eigenvalue weighted by molar-refractivity contribution is 5.70. The Bertz CT molecular complexity index is 657. The van der Waals surface area contributed by atoms with Gasteiger partial charge in [0.15, 0.2) is 11.6 Å². The van der Waals surface area contributed by atoms with Gasteiger partial charge in [-0.3, -0.25) is 4.90 Å². The third-order valence-electron chi connectivity index (χ3n) is 4.66. The fraction of sp³-hybridized carbons (Fsp3) is 0.562. The molecular weight excluding hydrogens is 344 g/mol. The molecule has 1 aliphatic carbocycles. The molecular formula is C16H18F4N2O3. The molecule has 1 aliphatic heterocycles. The van der Waals surface area contributed by atoms with E-state index in [0.29, 0.717) is 24.9 Å². The zero-order valence-corrected chi connectivity index (χ0v) is 13.5. The Morgan fingerprint density at radius 2 is 2.08 bits per heavy atom. The van der Waals surface area contributed by atoms with E-state index in [2.05, 4.69) is 10.1 Å². The van der Waals surface area contributed by atoms with Gasteiger partial charge in [-0.05, 0) is 43.5 Å². The summed E-state index contributed by atoms with van der Waals surface area (Å²) < 4.78 is 59.6. The molecule has 0 radical (unpaired) electrons. The van der Waals surface area contributed by atoms with Crippen LogP contribution in [0.25, 0.3) is 0 Å². The number of carbonyl (C=O) groups is 1. The Morgan fingerprint density at radius 1 is 1.40 bits per heavy atom. The highest BCUT2D eigenvalue weighted by atomic mass is 19.4. The minimum atomic E-state index is -4.99. The Hall–Kier alpha value is -2.03. The van der Waals surface area contributed by atoms with E-state index in [4.69, 9.17) is 4.74 Å². The lowest BCUT2D eigenvalue weighted by molar-refractivity contribution is -0.275. The summed E-state index contributed by atoms with van der Waals surface area (Å²) in [6.07, 6.45) is -3.53. The van der Waals surface area contributed by atoms with Crippen molar-refractivity contribution in [2.24, 2.45) is 0 Å². The third kappa shape index (κ3) is 3.65. The summed E-state index contributed by atoms with van der Waals surface area (Å²) in [6, 6.07) is 3.44. The van der Waals surface area contributed by atoms with Crippen molar-refractivity contribution in [2.45, 2.75) is 37.2 Å². The molecule has 1 amide bonds. The molecule has 0 spiro atoms. The maximum Gasteiger partial charge on any atom is 0.573 e. The molecule has 1 saturated carbocycles. The van der Waals surface area contributed by atoms with Gasteiger partial charge >= 0.3 is 12.5 Å². The standard InChI is InChI=1S/C16H18F4N2O3/c1-24-14(23)22(9-11-4-7-21-11)15(5-6-15)10-2-3-12(17)13(8-10)25-16(18,19)20/h2-3,8,11,21H,4-7,9H2,1H3. The summed E-state index contributed by atoms with van der Waals surface area (Å²) in [4.78, 5) is 13.7. The number of hydrogen-bond acceptors (Lipinski definition) is 4. The number of halogens is 4. The van der Waals surface area contributed by atoms with Crippen LogP contribution in [0.4, 0.5) is 22.4 Å². The molecule has 0 bridgehead atoms. The minimum Gasteiger partial charge on any atom is -0.453 e. The predicted molar refractivity (Wildman–Crippen MR) is 79.5 cm³/mol. The number of methoxy groups -OCH3 is 1. The second kappa shape index (κ2) is 6.36. The van der Waals surface area contributed by atoms with Gasteiger partial charge in [0.2, 0.25) is 0 Å². The second-order valence-corrected chi connectivity index (χ2v) is 6.24. The number of nitrogens with one attached hydrogen (secondary N) is 1. The number of nitrogens with zero attached hydrogens (tertiary/aromatic N) is 1. The van der Waals surface area contributed by atoms with Gasteiger partial charge in [-0.2, -0.15) is 0 Å². The zero-order valence-electron chi connectivity index (χ0n) is 13.5. The smallest absolute Gasteiger partial charge is 0.453 e. The third-order valence-corrected chi connectivity index (χ3v) is 4.66. The van der Waals surface area contributed by atoms with E-state index >= 15 is 0 Å². The monoisotopic (exact) mass is 362 g/mol. The van der Waals surface area contributed by atoms with Gasteiger partial charge in [0, 0.05) is 12.6 Å². The van der Waals surface area contributed by atoms with Crippen molar-refractivity contribution in [1.82, 2.24) is 10.2 Å². The van der Waals surface area contributed by atoms with Crippen molar-refractivity contribution >= 4 is 6.09 Å². The maximum absolute atomic E-state index is 13.7. The minimum absolute atomic E-state index is 0.114. The molecule has 138 valence electrons. The first kappa shape index (κ1) is 17.8. The first-order chi connectivity index (χ1) is 11.7. The molecule has 9 heteroatoms. The van der Waals surface area contributed by atoms with Crippen LogP contribution in [0.3, 0.4) is 0 Å². The number of carbonyl (C=O) groups excluding carboxylic acids is 1. The Kier molecular flexibility index (Phi) is 4.52. The fourth-order valence-corrected chi connectivity index (χ4v) is 3.09. The van der Waals surface area contributed by atoms with Gasteiger partial charge in [0.1, 0.15) is 0 Å². The van der Waals surface area contributed by atoms with E-state index in [0.717, 1.165) is 25.1 Å². The van der Waals surface area contributed by atoms with E-state index in [1.165, 1.54) is 18.1 Å². The molecule has 0 aromatic heterocycles. The quantitative estimate of drug-likeness (QED) is 0.818. The van der Waals surface area contributed by atoms with Crippen molar-refractivity contribution in [3.8, 4) is 5.75 Å². The van der Waals surface area contributed by atoms with Gasteiger partial charge in [-0.15, -0.1) is 13.2 Å². The Morgan fingerprint density at radius 3 is 2.56 bits per heavy atom. The van der Waals surface area contributed by atoms with Crippen LogP contribution >= 0.6 is 0 Å². The van der Waals surface area contributed by atoms with Crippen molar-refractivity contribution in [3.63, 3.8) is 0 Å². The first-order valence-electron chi connectivity index (χ1n) is 7.90. The lowest BCUT2D eigenvalue weighted by atomic mass is 10.00. The lowest BCUT2D eigenvalue weighted by Gasteiger charge is -2.37. The number of amides is 1. The highest BCUT2D eigenvalue weighted by Gasteiger charge is 2.53. The summed E-state index contributed by atoms with van der Waals surface area (Å²) in [5.41, 5.74) is -0.389. The van der Waals surface area contributed by atoms with Crippen LogP contribution < -0.4 is 10.1 Å². The van der Waals surface area contributed by atoms with Crippen molar-refractivity contribution < 1.29 is 31.8 Å². The summed E-state index contributed by atoms with van der Waals surface area (Å²) in [6.45, 7) is 1.23. The van der Waals surface area contributed by atoms with E-state index in [-0.39, 0.29) is 6.04 Å². The Balaban J connectivity index is 1.89. The van der Waals surface area contributed by atoms with Crippen LogP contribution in [0.15, 0.2) is 18.2 Å². The number of rotatable bonds is 5. The molecule has 1 unspecified atom stereocenters. The zero-order chi connectivity index (χ0) is 18.2. The van der Waals surface area contributed by atoms with Crippen LogP contribution in [0.5, 0.6) is 5.75 Å². The number of ether oxygens (including phenoxy) is 2. The summed E-state index contributed by atoms with van der Waals surface area (Å²) in [5.74, 6) is -2.01. The SMILES string of the molecule is COC(=O)N(CC1CCN1)C1(c2ccc(F)c(OC(F)(F)F)c2)CC1. The molecule has 1 aromatic carbocycles. The molecule has 5 nitrogen and oxygen atoms in total. The van der Waals surface area contributed by atoms with Gasteiger partial charge in [-0.25, -0.2) is 9.18 Å². The van der Waals surface area contributed by atoms with E-state index in [1.807, 2.05) is 0 Å². The fourth-order valence-electron chi connectivity index (χ4n) is 3.09. The summed E-state index contributed by atoms with van der Waals surface area (Å²) >= 11 is 0. The number of benzene rings is 1. The molecule has 25 heavy (non-hydrogen) atoms. The average Bonchev–Trinajstić information content (AvgIpc) is 3.28. The first-order valence-corrected chi connectivity index (χ1v) is 7.90. The second-order valence-electron chi connectivity index (χ2n) is 6.24. The van der Waals surface area contributed by atoms with Crippen LogP contribution in [-0.2, 0) is 10.3 Å². The number of hydrogen-bond donors (Lipinski definition) is 1. The van der Waals surface area contributed by atoms with Crippen molar-refractivity contribution in [2.75, 3.05) is 20.2 Å². The highest BCUT2D eigenvalue weighted by Crippen LogP contribution is 2.52. The van der Waals surface area contributed by atoms with Crippen LogP contribution in [0, 0.1) is 5.82 Å². The lowest BCUT2D eigenvalue weighted by Crippen LogP contribution is -2.54. The molecule has 1 heterocycles. The van der Waals surface area contributed by atoms with E-state index in [9.17, 15) is 22.4 Å². The average molecular weight is 362 g/mol. The molecule has 3 rings (SSSR count). The number of alkyl halides is 3. The molecule has 2 aliphatic rings. The topological polar surface area (TPSA) is 50.8 Å². The van der Waals surface area contributed by atoms with E-state index < -0.39 is 29.6 Å². The predicted octanol–water partition coefficient (Wildman–Crippen LogP) is 3.14. The molecule has 1 N–H and O–H groups in total. The normalized spacial score (nSPS) is 21.2. The van der Waals surface area contributed by atoms with Gasteiger partial charge < -0.3 is 14.8 Å². The largest absolute Gasteiger partial charge is 0.573 e. The Labute approximate surface area is 141 Å². The summed E-state index contributed by atoms with van der Waals surface area (Å²) in [7, 11) is 1.25. The summed E-state index contributed by atoms with van der Waals surface area (Å²) in [5, 5.41) is 3.17. The van der Waals surface area contributed by atoms with Crippen LogP contribution in [-0.4, -0.2) is 43.6 Å².